The van der Waals surface area contributed by atoms with Crippen LogP contribution < -0.4 is 5.32 Å². The van der Waals surface area contributed by atoms with E-state index in [1.165, 1.54) is 24.0 Å². The number of aromatic nitrogens is 3. The number of halogens is 3. The second-order valence-electron chi connectivity index (χ2n) is 5.57. The summed E-state index contributed by atoms with van der Waals surface area (Å²) in [4.78, 5) is 16.1. The maximum absolute atomic E-state index is 12.9. The van der Waals surface area contributed by atoms with Crippen LogP contribution in [0.4, 0.5) is 18.9 Å². The third-order valence-corrected chi connectivity index (χ3v) is 3.74. The van der Waals surface area contributed by atoms with Crippen molar-refractivity contribution in [1.82, 2.24) is 14.8 Å². The summed E-state index contributed by atoms with van der Waals surface area (Å²) in [5, 5.41) is 6.28. The largest absolute Gasteiger partial charge is 0.435 e. The summed E-state index contributed by atoms with van der Waals surface area (Å²) in [6.07, 6.45) is 0.163. The van der Waals surface area contributed by atoms with E-state index in [2.05, 4.69) is 15.4 Å². The molecule has 1 aliphatic carbocycles. The van der Waals surface area contributed by atoms with Crippen molar-refractivity contribution in [3.8, 4) is 0 Å². The number of pyridine rings is 1. The SMILES string of the molecule is CC(C(=O)Nc1ccncc1)n1nc(C(F)(F)F)cc1C1CC1. The molecule has 0 bridgehead atoms. The lowest BCUT2D eigenvalue weighted by Crippen LogP contribution is -2.26. The highest BCUT2D eigenvalue weighted by Crippen LogP contribution is 2.43. The van der Waals surface area contributed by atoms with E-state index < -0.39 is 23.8 Å². The number of nitrogens with one attached hydrogen (secondary N) is 1. The van der Waals surface area contributed by atoms with Crippen LogP contribution in [0.5, 0.6) is 0 Å². The molecule has 2 aromatic heterocycles. The number of anilines is 1. The normalized spacial score (nSPS) is 16.2. The molecule has 0 saturated heterocycles. The average Bonchev–Trinajstić information content (AvgIpc) is 3.24. The third kappa shape index (κ3) is 3.35. The zero-order valence-corrected chi connectivity index (χ0v) is 12.3. The number of carbonyl (C=O) groups excluding carboxylic acids is 1. The van der Waals surface area contributed by atoms with E-state index in [9.17, 15) is 18.0 Å². The summed E-state index contributed by atoms with van der Waals surface area (Å²) in [5.41, 5.74) is 0.0469. The second-order valence-corrected chi connectivity index (χ2v) is 5.57. The first kappa shape index (κ1) is 15.5. The van der Waals surface area contributed by atoms with Crippen LogP contribution in [0.15, 0.2) is 30.6 Å². The summed E-state index contributed by atoms with van der Waals surface area (Å²) >= 11 is 0. The molecule has 0 aliphatic heterocycles. The Morgan fingerprint density at radius 2 is 2.00 bits per heavy atom. The van der Waals surface area contributed by atoms with Gasteiger partial charge in [-0.05, 0) is 38.0 Å². The molecule has 0 aromatic carbocycles. The van der Waals surface area contributed by atoms with E-state index in [1.807, 2.05) is 0 Å². The zero-order chi connectivity index (χ0) is 16.6. The van der Waals surface area contributed by atoms with Crippen molar-refractivity contribution in [2.45, 2.75) is 37.9 Å². The van der Waals surface area contributed by atoms with Crippen LogP contribution in [0.25, 0.3) is 0 Å². The Bertz CT molecular complexity index is 707. The van der Waals surface area contributed by atoms with Crippen molar-refractivity contribution in [2.75, 3.05) is 5.32 Å². The fraction of sp³-hybridized carbons (Fsp3) is 0.400. The van der Waals surface area contributed by atoms with E-state index in [4.69, 9.17) is 0 Å². The molecular weight excluding hydrogens is 309 g/mol. The summed E-state index contributed by atoms with van der Waals surface area (Å²) in [6, 6.07) is 3.43. The summed E-state index contributed by atoms with van der Waals surface area (Å²) in [6.45, 7) is 1.54. The molecule has 0 spiro atoms. The summed E-state index contributed by atoms with van der Waals surface area (Å²) in [5.74, 6) is -0.371. The molecule has 23 heavy (non-hydrogen) atoms. The quantitative estimate of drug-likeness (QED) is 0.938. The highest BCUT2D eigenvalue weighted by molar-refractivity contribution is 5.93. The Morgan fingerprint density at radius 3 is 2.57 bits per heavy atom. The Balaban J connectivity index is 1.85. The molecule has 1 saturated carbocycles. The van der Waals surface area contributed by atoms with E-state index in [1.54, 1.807) is 12.1 Å². The average molecular weight is 324 g/mol. The van der Waals surface area contributed by atoms with Crippen LogP contribution in [0, 0.1) is 0 Å². The molecule has 1 N–H and O–H groups in total. The van der Waals surface area contributed by atoms with Crippen molar-refractivity contribution in [3.63, 3.8) is 0 Å². The molecule has 2 aromatic rings. The van der Waals surface area contributed by atoms with E-state index in [0.29, 0.717) is 11.4 Å². The maximum Gasteiger partial charge on any atom is 0.435 e. The molecule has 1 atom stereocenters. The number of alkyl halides is 3. The van der Waals surface area contributed by atoms with Gasteiger partial charge in [-0.1, -0.05) is 0 Å². The van der Waals surface area contributed by atoms with Crippen molar-refractivity contribution in [2.24, 2.45) is 0 Å². The lowest BCUT2D eigenvalue weighted by Gasteiger charge is -2.15. The monoisotopic (exact) mass is 324 g/mol. The van der Waals surface area contributed by atoms with Crippen LogP contribution in [0.1, 0.15) is 43.1 Å². The van der Waals surface area contributed by atoms with Crippen LogP contribution in [-0.4, -0.2) is 20.7 Å². The molecule has 2 heterocycles. The standard InChI is InChI=1S/C15H15F3N4O/c1-9(14(23)20-11-4-6-19-7-5-11)22-12(10-2-3-10)8-13(21-22)15(16,17)18/h4-10H,2-3H2,1H3,(H,19,20,23). The lowest BCUT2D eigenvalue weighted by molar-refractivity contribution is -0.141. The molecule has 8 heteroatoms. The molecule has 1 aliphatic rings. The Labute approximate surface area is 130 Å². The highest BCUT2D eigenvalue weighted by atomic mass is 19.4. The lowest BCUT2D eigenvalue weighted by atomic mass is 10.2. The van der Waals surface area contributed by atoms with Gasteiger partial charge in [0.15, 0.2) is 5.69 Å². The molecule has 1 unspecified atom stereocenters. The van der Waals surface area contributed by atoms with Gasteiger partial charge >= 0.3 is 6.18 Å². The van der Waals surface area contributed by atoms with Gasteiger partial charge in [0, 0.05) is 29.7 Å². The minimum atomic E-state index is -4.52. The summed E-state index contributed by atoms with van der Waals surface area (Å²) < 4.78 is 39.9. The van der Waals surface area contributed by atoms with Gasteiger partial charge in [-0.3, -0.25) is 14.5 Å². The van der Waals surface area contributed by atoms with E-state index in [-0.39, 0.29) is 5.92 Å². The number of hydrogen-bond donors (Lipinski definition) is 1. The molecule has 122 valence electrons. The zero-order valence-electron chi connectivity index (χ0n) is 12.3. The molecular formula is C15H15F3N4O. The Morgan fingerprint density at radius 1 is 1.35 bits per heavy atom. The van der Waals surface area contributed by atoms with Crippen molar-refractivity contribution >= 4 is 11.6 Å². The number of nitrogens with zero attached hydrogens (tertiary/aromatic N) is 3. The number of carbonyl (C=O) groups is 1. The van der Waals surface area contributed by atoms with Gasteiger partial charge in [0.1, 0.15) is 6.04 Å². The van der Waals surface area contributed by atoms with Crippen molar-refractivity contribution in [3.05, 3.63) is 42.0 Å². The Kier molecular flexibility index (Phi) is 3.83. The van der Waals surface area contributed by atoms with Crippen molar-refractivity contribution in [1.29, 1.82) is 0 Å². The second kappa shape index (κ2) is 5.68. The van der Waals surface area contributed by atoms with Gasteiger partial charge in [-0.25, -0.2) is 0 Å². The molecule has 5 nitrogen and oxygen atoms in total. The smallest absolute Gasteiger partial charge is 0.324 e. The van der Waals surface area contributed by atoms with E-state index >= 15 is 0 Å². The molecule has 0 radical (unpaired) electrons. The van der Waals surface area contributed by atoms with Gasteiger partial charge in [-0.15, -0.1) is 0 Å². The predicted molar refractivity (Wildman–Crippen MR) is 76.8 cm³/mol. The number of amides is 1. The number of hydrogen-bond acceptors (Lipinski definition) is 3. The molecule has 1 fully saturated rings. The highest BCUT2D eigenvalue weighted by Gasteiger charge is 2.39. The van der Waals surface area contributed by atoms with Crippen LogP contribution in [0.3, 0.4) is 0 Å². The fourth-order valence-electron chi connectivity index (χ4n) is 2.33. The first-order chi connectivity index (χ1) is 10.9. The van der Waals surface area contributed by atoms with Gasteiger partial charge in [0.2, 0.25) is 5.91 Å². The van der Waals surface area contributed by atoms with Gasteiger partial charge in [0.25, 0.3) is 0 Å². The topological polar surface area (TPSA) is 59.8 Å². The minimum absolute atomic E-state index is 0.0507. The van der Waals surface area contributed by atoms with Crippen LogP contribution >= 0.6 is 0 Å². The van der Waals surface area contributed by atoms with Gasteiger partial charge in [0.05, 0.1) is 0 Å². The predicted octanol–water partition coefficient (Wildman–Crippen LogP) is 3.37. The number of rotatable bonds is 4. The first-order valence-corrected chi connectivity index (χ1v) is 7.24. The first-order valence-electron chi connectivity index (χ1n) is 7.24. The van der Waals surface area contributed by atoms with Gasteiger partial charge < -0.3 is 5.32 Å². The Hall–Kier alpha value is -2.38. The van der Waals surface area contributed by atoms with Crippen molar-refractivity contribution < 1.29 is 18.0 Å². The third-order valence-electron chi connectivity index (χ3n) is 3.74. The summed E-state index contributed by atoms with van der Waals surface area (Å²) in [7, 11) is 0. The molecule has 3 rings (SSSR count). The fourth-order valence-corrected chi connectivity index (χ4v) is 2.33. The van der Waals surface area contributed by atoms with Crippen LogP contribution in [-0.2, 0) is 11.0 Å². The molecule has 1 amide bonds. The maximum atomic E-state index is 12.9. The minimum Gasteiger partial charge on any atom is -0.324 e. The van der Waals surface area contributed by atoms with Gasteiger partial charge in [-0.2, -0.15) is 18.3 Å². The van der Waals surface area contributed by atoms with E-state index in [0.717, 1.165) is 18.9 Å². The van der Waals surface area contributed by atoms with Crippen LogP contribution in [0.2, 0.25) is 0 Å².